The minimum atomic E-state index is -4.45. The molecule has 3 rings (SSSR count). The van der Waals surface area contributed by atoms with Gasteiger partial charge in [-0.3, -0.25) is 4.68 Å². The molecule has 9 heteroatoms. The van der Waals surface area contributed by atoms with Crippen LogP contribution in [0, 0.1) is 0 Å². The summed E-state index contributed by atoms with van der Waals surface area (Å²) in [5.74, 6) is -0.529. The van der Waals surface area contributed by atoms with Crippen LogP contribution in [0.2, 0.25) is 0 Å². The van der Waals surface area contributed by atoms with Crippen molar-refractivity contribution in [3.63, 3.8) is 0 Å². The van der Waals surface area contributed by atoms with Crippen LogP contribution in [0.4, 0.5) is 13.2 Å². The topological polar surface area (TPSA) is 57.0 Å². The number of alkyl halides is 3. The molecule has 0 spiro atoms. The molecule has 24 heavy (non-hydrogen) atoms. The second kappa shape index (κ2) is 6.54. The molecule has 0 amide bonds. The number of esters is 1. The highest BCUT2D eigenvalue weighted by molar-refractivity contribution is 7.09. The third kappa shape index (κ3) is 3.31. The Bertz CT molecular complexity index is 752. The zero-order valence-corrected chi connectivity index (χ0v) is 13.8. The summed E-state index contributed by atoms with van der Waals surface area (Å²) in [5, 5.41) is 5.87. The van der Waals surface area contributed by atoms with Gasteiger partial charge in [0.1, 0.15) is 5.01 Å². The first-order chi connectivity index (χ1) is 11.4. The molecule has 0 fully saturated rings. The van der Waals surface area contributed by atoms with Crippen LogP contribution in [0.25, 0.3) is 0 Å². The monoisotopic (exact) mass is 359 g/mol. The van der Waals surface area contributed by atoms with Crippen LogP contribution in [0.15, 0.2) is 5.38 Å². The summed E-state index contributed by atoms with van der Waals surface area (Å²) in [4.78, 5) is 15.8. The van der Waals surface area contributed by atoms with E-state index in [1.54, 1.807) is 12.3 Å². The number of carbonyl (C=O) groups excluding carboxylic acids is 1. The maximum Gasteiger partial charge on any atom is 0.435 e. The molecule has 0 bridgehead atoms. The van der Waals surface area contributed by atoms with Crippen LogP contribution < -0.4 is 0 Å². The average Bonchev–Trinajstić information content (AvgIpc) is 3.13. The molecule has 0 unspecified atom stereocenters. The van der Waals surface area contributed by atoms with Gasteiger partial charge < -0.3 is 4.74 Å². The lowest BCUT2D eigenvalue weighted by molar-refractivity contribution is -0.142. The van der Waals surface area contributed by atoms with Crippen molar-refractivity contribution in [2.75, 3.05) is 6.61 Å². The van der Waals surface area contributed by atoms with Crippen LogP contribution in [0.3, 0.4) is 0 Å². The Balaban J connectivity index is 1.88. The van der Waals surface area contributed by atoms with Crippen molar-refractivity contribution in [2.24, 2.45) is 0 Å². The summed E-state index contributed by atoms with van der Waals surface area (Å²) < 4.78 is 45.8. The van der Waals surface area contributed by atoms with Gasteiger partial charge in [-0.15, -0.1) is 11.3 Å². The molecule has 0 radical (unpaired) electrons. The fourth-order valence-electron chi connectivity index (χ4n) is 2.84. The van der Waals surface area contributed by atoms with E-state index in [-0.39, 0.29) is 18.8 Å². The number of ether oxygens (including phenoxy) is 1. The first-order valence-corrected chi connectivity index (χ1v) is 8.55. The maximum absolute atomic E-state index is 13.2. The number of rotatable bonds is 4. The van der Waals surface area contributed by atoms with E-state index in [0.717, 1.165) is 12.8 Å². The molecule has 2 aromatic heterocycles. The summed E-state index contributed by atoms with van der Waals surface area (Å²) in [5.41, 5.74) is 0.311. The van der Waals surface area contributed by atoms with Gasteiger partial charge in [-0.1, -0.05) is 0 Å². The number of thiazole rings is 1. The molecular formula is C15H16F3N3O2S. The van der Waals surface area contributed by atoms with Gasteiger partial charge >= 0.3 is 12.1 Å². The molecule has 0 atom stereocenters. The summed E-state index contributed by atoms with van der Waals surface area (Å²) in [6, 6.07) is 0. The van der Waals surface area contributed by atoms with E-state index in [4.69, 9.17) is 4.74 Å². The van der Waals surface area contributed by atoms with Gasteiger partial charge in [0.2, 0.25) is 0 Å². The molecule has 0 aromatic carbocycles. The van der Waals surface area contributed by atoms with Crippen LogP contribution in [0.5, 0.6) is 0 Å². The highest BCUT2D eigenvalue weighted by Crippen LogP contribution is 2.36. The Kier molecular flexibility index (Phi) is 4.62. The molecule has 1 aliphatic rings. The van der Waals surface area contributed by atoms with Crippen LogP contribution in [-0.2, 0) is 30.3 Å². The normalized spacial score (nSPS) is 14.5. The van der Waals surface area contributed by atoms with Gasteiger partial charge in [-0.25, -0.2) is 9.78 Å². The Morgan fingerprint density at radius 1 is 1.38 bits per heavy atom. The third-order valence-electron chi connectivity index (χ3n) is 3.85. The number of halogens is 3. The minimum Gasteiger partial charge on any atom is -0.461 e. The SMILES string of the molecule is CCOC(=O)c1csc(Cn2nc(C(F)(F)F)c3c2CCCC3)n1. The maximum atomic E-state index is 13.2. The number of fused-ring (bicyclic) bond motifs is 1. The number of carbonyl (C=O) groups is 1. The predicted molar refractivity (Wildman–Crippen MR) is 81.0 cm³/mol. The summed E-state index contributed by atoms with van der Waals surface area (Å²) in [6.45, 7) is 2.07. The number of nitrogens with zero attached hydrogens (tertiary/aromatic N) is 3. The molecule has 0 saturated carbocycles. The van der Waals surface area contributed by atoms with Crippen LogP contribution in [0.1, 0.15) is 52.2 Å². The fraction of sp³-hybridized carbons (Fsp3) is 0.533. The zero-order chi connectivity index (χ0) is 17.3. The predicted octanol–water partition coefficient (Wildman–Crippen LogP) is 3.46. The van der Waals surface area contributed by atoms with Crippen molar-refractivity contribution >= 4 is 17.3 Å². The summed E-state index contributed by atoms with van der Waals surface area (Å²) >= 11 is 1.21. The van der Waals surface area contributed by atoms with Crippen molar-refractivity contribution in [1.29, 1.82) is 0 Å². The average molecular weight is 359 g/mol. The largest absolute Gasteiger partial charge is 0.461 e. The van der Waals surface area contributed by atoms with Gasteiger partial charge in [-0.05, 0) is 32.6 Å². The molecule has 0 aliphatic heterocycles. The van der Waals surface area contributed by atoms with Crippen molar-refractivity contribution in [2.45, 2.75) is 45.3 Å². The van der Waals surface area contributed by atoms with Gasteiger partial charge in [0.05, 0.1) is 13.2 Å². The minimum absolute atomic E-state index is 0.127. The molecular weight excluding hydrogens is 343 g/mol. The molecule has 0 saturated heterocycles. The van der Waals surface area contributed by atoms with Crippen molar-refractivity contribution in [3.05, 3.63) is 33.0 Å². The van der Waals surface area contributed by atoms with Gasteiger partial charge in [0, 0.05) is 16.6 Å². The number of hydrogen-bond donors (Lipinski definition) is 0. The van der Waals surface area contributed by atoms with E-state index < -0.39 is 17.8 Å². The number of aromatic nitrogens is 3. The lowest BCUT2D eigenvalue weighted by Crippen LogP contribution is -2.11. The van der Waals surface area contributed by atoms with Crippen molar-refractivity contribution in [3.8, 4) is 0 Å². The standard InChI is InChI=1S/C15H16F3N3O2S/c1-2-23-14(22)10-8-24-12(19-10)7-21-11-6-4-3-5-9(11)13(20-21)15(16,17)18/h8H,2-7H2,1H3. The van der Waals surface area contributed by atoms with Crippen LogP contribution in [-0.4, -0.2) is 27.3 Å². The van der Waals surface area contributed by atoms with Crippen LogP contribution >= 0.6 is 11.3 Å². The Hall–Kier alpha value is -1.90. The highest BCUT2D eigenvalue weighted by atomic mass is 32.1. The zero-order valence-electron chi connectivity index (χ0n) is 13.0. The van der Waals surface area contributed by atoms with Gasteiger partial charge in [0.25, 0.3) is 0 Å². The van der Waals surface area contributed by atoms with E-state index in [2.05, 4.69) is 10.1 Å². The van der Waals surface area contributed by atoms with E-state index >= 15 is 0 Å². The Labute approximate surface area is 140 Å². The summed E-state index contributed by atoms with van der Waals surface area (Å²) in [7, 11) is 0. The van der Waals surface area contributed by atoms with Crippen molar-refractivity contribution < 1.29 is 22.7 Å². The molecule has 2 heterocycles. The Morgan fingerprint density at radius 2 is 2.12 bits per heavy atom. The lowest BCUT2D eigenvalue weighted by Gasteiger charge is -2.14. The van der Waals surface area contributed by atoms with E-state index in [0.29, 0.717) is 29.1 Å². The second-order valence-corrected chi connectivity index (χ2v) is 6.43. The van der Waals surface area contributed by atoms with E-state index in [9.17, 15) is 18.0 Å². The van der Waals surface area contributed by atoms with E-state index in [1.165, 1.54) is 16.0 Å². The third-order valence-corrected chi connectivity index (χ3v) is 4.68. The molecule has 0 N–H and O–H groups in total. The molecule has 130 valence electrons. The molecule has 5 nitrogen and oxygen atoms in total. The quantitative estimate of drug-likeness (QED) is 0.785. The summed E-state index contributed by atoms with van der Waals surface area (Å²) in [6.07, 6.45) is -1.88. The van der Waals surface area contributed by atoms with Crippen molar-refractivity contribution in [1.82, 2.24) is 14.8 Å². The van der Waals surface area contributed by atoms with Gasteiger partial charge in [-0.2, -0.15) is 18.3 Å². The van der Waals surface area contributed by atoms with E-state index in [1.807, 2.05) is 0 Å². The number of hydrogen-bond acceptors (Lipinski definition) is 5. The second-order valence-electron chi connectivity index (χ2n) is 5.48. The molecule has 1 aliphatic carbocycles. The first-order valence-electron chi connectivity index (χ1n) is 7.67. The molecule has 2 aromatic rings. The smallest absolute Gasteiger partial charge is 0.435 e. The highest BCUT2D eigenvalue weighted by Gasteiger charge is 2.39. The first kappa shape index (κ1) is 16.9. The van der Waals surface area contributed by atoms with Gasteiger partial charge in [0.15, 0.2) is 11.4 Å². The Morgan fingerprint density at radius 3 is 2.83 bits per heavy atom. The fourth-order valence-corrected chi connectivity index (χ4v) is 3.58. The lowest BCUT2D eigenvalue weighted by atomic mass is 9.95.